The van der Waals surface area contributed by atoms with Crippen LogP contribution in [0.4, 0.5) is 18.0 Å². The van der Waals surface area contributed by atoms with Crippen LogP contribution in [-0.2, 0) is 6.18 Å². The van der Waals surface area contributed by atoms with Crippen LogP contribution < -0.4 is 11.1 Å². The second-order valence-electron chi connectivity index (χ2n) is 3.32. The van der Waals surface area contributed by atoms with Gasteiger partial charge in [-0.3, -0.25) is 0 Å². The molecule has 1 aromatic rings. The second-order valence-corrected chi connectivity index (χ2v) is 3.32. The molecule has 0 spiro atoms. The summed E-state index contributed by atoms with van der Waals surface area (Å²) in [6.07, 6.45) is -5.96. The number of carbonyl (C=O) groups is 1. The summed E-state index contributed by atoms with van der Waals surface area (Å²) in [5, 5.41) is 10.5. The Balaban J connectivity index is 3.15. The first-order chi connectivity index (χ1) is 7.86. The van der Waals surface area contributed by atoms with Crippen molar-refractivity contribution in [2.45, 2.75) is 12.2 Å². The van der Waals surface area contributed by atoms with Crippen LogP contribution in [-0.4, -0.2) is 17.7 Å². The number of hydrogen-bond acceptors (Lipinski definition) is 2. The maximum absolute atomic E-state index is 12.7. The number of benzene rings is 1. The number of carboxylic acid groups (broad SMARTS) is 1. The number of amides is 1. The molecule has 0 saturated heterocycles. The first kappa shape index (κ1) is 13.3. The van der Waals surface area contributed by atoms with Crippen LogP contribution in [0.5, 0.6) is 0 Å². The Kier molecular flexibility index (Phi) is 3.95. The Morgan fingerprint density at radius 2 is 2.00 bits per heavy atom. The van der Waals surface area contributed by atoms with Crippen molar-refractivity contribution in [3.8, 4) is 0 Å². The third kappa shape index (κ3) is 3.35. The van der Waals surface area contributed by atoms with Gasteiger partial charge in [-0.25, -0.2) is 4.79 Å². The van der Waals surface area contributed by atoms with Gasteiger partial charge in [-0.1, -0.05) is 18.2 Å². The third-order valence-electron chi connectivity index (χ3n) is 2.18. The molecule has 0 saturated carbocycles. The minimum absolute atomic E-state index is 0.176. The van der Waals surface area contributed by atoms with E-state index in [4.69, 9.17) is 10.8 Å². The summed E-state index contributed by atoms with van der Waals surface area (Å²) in [5.74, 6) is 0. The molecule has 0 aromatic heterocycles. The summed E-state index contributed by atoms with van der Waals surface area (Å²) in [4.78, 5) is 10.5. The quantitative estimate of drug-likeness (QED) is 0.765. The first-order valence-corrected chi connectivity index (χ1v) is 4.72. The van der Waals surface area contributed by atoms with Gasteiger partial charge in [0.2, 0.25) is 0 Å². The molecule has 0 aliphatic rings. The van der Waals surface area contributed by atoms with E-state index in [0.717, 1.165) is 6.07 Å². The lowest BCUT2D eigenvalue weighted by atomic mass is 10.00. The maximum Gasteiger partial charge on any atom is 0.416 e. The summed E-state index contributed by atoms with van der Waals surface area (Å²) < 4.78 is 38.0. The molecule has 17 heavy (non-hydrogen) atoms. The van der Waals surface area contributed by atoms with E-state index in [1.807, 2.05) is 5.32 Å². The van der Waals surface area contributed by atoms with Crippen LogP contribution in [0.2, 0.25) is 0 Å². The summed E-state index contributed by atoms with van der Waals surface area (Å²) in [6.45, 7) is -0.251. The molecule has 0 radical (unpaired) electrons. The highest BCUT2D eigenvalue weighted by Crippen LogP contribution is 2.34. The van der Waals surface area contributed by atoms with E-state index in [2.05, 4.69) is 0 Å². The fourth-order valence-corrected chi connectivity index (χ4v) is 1.47. The molecule has 94 valence electrons. The average Bonchev–Trinajstić information content (AvgIpc) is 2.24. The summed E-state index contributed by atoms with van der Waals surface area (Å²) in [6, 6.07) is 3.65. The third-order valence-corrected chi connectivity index (χ3v) is 2.18. The van der Waals surface area contributed by atoms with Gasteiger partial charge >= 0.3 is 12.3 Å². The Bertz CT molecular complexity index is 407. The fourth-order valence-electron chi connectivity index (χ4n) is 1.47. The lowest BCUT2D eigenvalue weighted by Crippen LogP contribution is -2.33. The van der Waals surface area contributed by atoms with E-state index >= 15 is 0 Å². The predicted molar refractivity (Wildman–Crippen MR) is 54.4 cm³/mol. The molecule has 0 bridgehead atoms. The fraction of sp³-hybridized carbons (Fsp3) is 0.300. The van der Waals surface area contributed by atoms with Crippen LogP contribution in [0.25, 0.3) is 0 Å². The number of nitrogens with one attached hydrogen (secondary N) is 1. The molecule has 1 atom stereocenters. The monoisotopic (exact) mass is 248 g/mol. The van der Waals surface area contributed by atoms with Gasteiger partial charge in [0.25, 0.3) is 0 Å². The molecule has 1 rings (SSSR count). The van der Waals surface area contributed by atoms with Crippen LogP contribution in [0.3, 0.4) is 0 Å². The highest BCUT2D eigenvalue weighted by Gasteiger charge is 2.34. The SMILES string of the molecule is NCC(NC(=O)O)c1ccccc1C(F)(F)F. The maximum atomic E-state index is 12.7. The van der Waals surface area contributed by atoms with Gasteiger partial charge in [0.05, 0.1) is 11.6 Å². The predicted octanol–water partition coefficient (Wildman–Crippen LogP) is 1.97. The molecule has 0 fully saturated rings. The van der Waals surface area contributed by atoms with E-state index in [9.17, 15) is 18.0 Å². The van der Waals surface area contributed by atoms with Crippen molar-refractivity contribution < 1.29 is 23.1 Å². The minimum Gasteiger partial charge on any atom is -0.465 e. The number of halogens is 3. The summed E-state index contributed by atoms with van der Waals surface area (Å²) in [5.41, 5.74) is 4.21. The highest BCUT2D eigenvalue weighted by molar-refractivity contribution is 5.65. The van der Waals surface area contributed by atoms with Gasteiger partial charge in [-0.2, -0.15) is 13.2 Å². The van der Waals surface area contributed by atoms with Gasteiger partial charge in [0.15, 0.2) is 0 Å². The Morgan fingerprint density at radius 1 is 1.41 bits per heavy atom. The van der Waals surface area contributed by atoms with E-state index in [-0.39, 0.29) is 12.1 Å². The number of rotatable bonds is 3. The van der Waals surface area contributed by atoms with Crippen LogP contribution in [0, 0.1) is 0 Å². The highest BCUT2D eigenvalue weighted by atomic mass is 19.4. The zero-order valence-electron chi connectivity index (χ0n) is 8.66. The Morgan fingerprint density at radius 3 is 2.47 bits per heavy atom. The van der Waals surface area contributed by atoms with Crippen molar-refractivity contribution >= 4 is 6.09 Å². The van der Waals surface area contributed by atoms with E-state index < -0.39 is 23.9 Å². The molecule has 0 heterocycles. The molecule has 7 heteroatoms. The van der Waals surface area contributed by atoms with Gasteiger partial charge in [-0.05, 0) is 11.6 Å². The minimum atomic E-state index is -4.54. The average molecular weight is 248 g/mol. The zero-order chi connectivity index (χ0) is 13.1. The van der Waals surface area contributed by atoms with Gasteiger partial charge in [-0.15, -0.1) is 0 Å². The van der Waals surface area contributed by atoms with Crippen molar-refractivity contribution in [1.82, 2.24) is 5.32 Å². The van der Waals surface area contributed by atoms with E-state index in [1.165, 1.54) is 18.2 Å². The lowest BCUT2D eigenvalue weighted by Gasteiger charge is -2.20. The molecule has 0 aliphatic heterocycles. The standard InChI is InChI=1S/C10H11F3N2O2/c11-10(12,13)7-4-2-1-3-6(7)8(5-14)15-9(16)17/h1-4,8,15H,5,14H2,(H,16,17). The molecule has 1 aromatic carbocycles. The number of nitrogens with two attached hydrogens (primary N) is 1. The smallest absolute Gasteiger partial charge is 0.416 e. The summed E-state index contributed by atoms with van der Waals surface area (Å²) >= 11 is 0. The number of hydrogen-bond donors (Lipinski definition) is 3. The second kappa shape index (κ2) is 5.05. The van der Waals surface area contributed by atoms with Gasteiger partial charge in [0.1, 0.15) is 0 Å². The molecule has 4 nitrogen and oxygen atoms in total. The molecular formula is C10H11F3N2O2. The van der Waals surface area contributed by atoms with Crippen molar-refractivity contribution in [2.75, 3.05) is 6.54 Å². The van der Waals surface area contributed by atoms with Crippen LogP contribution in [0.15, 0.2) is 24.3 Å². The van der Waals surface area contributed by atoms with Crippen LogP contribution >= 0.6 is 0 Å². The molecule has 4 N–H and O–H groups in total. The molecule has 1 amide bonds. The van der Waals surface area contributed by atoms with Gasteiger partial charge in [0, 0.05) is 6.54 Å². The normalized spacial score (nSPS) is 13.2. The number of alkyl halides is 3. The molecular weight excluding hydrogens is 237 g/mol. The Hall–Kier alpha value is -1.76. The molecule has 1 unspecified atom stereocenters. The van der Waals surface area contributed by atoms with Gasteiger partial charge < -0.3 is 16.2 Å². The lowest BCUT2D eigenvalue weighted by molar-refractivity contribution is -0.138. The van der Waals surface area contributed by atoms with E-state index in [1.54, 1.807) is 0 Å². The first-order valence-electron chi connectivity index (χ1n) is 4.72. The van der Waals surface area contributed by atoms with Crippen molar-refractivity contribution in [3.05, 3.63) is 35.4 Å². The summed E-state index contributed by atoms with van der Waals surface area (Å²) in [7, 11) is 0. The van der Waals surface area contributed by atoms with Crippen molar-refractivity contribution in [2.24, 2.45) is 5.73 Å². The molecule has 0 aliphatic carbocycles. The van der Waals surface area contributed by atoms with Crippen molar-refractivity contribution in [3.63, 3.8) is 0 Å². The largest absolute Gasteiger partial charge is 0.465 e. The van der Waals surface area contributed by atoms with E-state index in [0.29, 0.717) is 0 Å². The Labute approximate surface area is 95.2 Å². The zero-order valence-corrected chi connectivity index (χ0v) is 8.66. The topological polar surface area (TPSA) is 75.3 Å². The van der Waals surface area contributed by atoms with Crippen molar-refractivity contribution in [1.29, 1.82) is 0 Å². The van der Waals surface area contributed by atoms with Crippen LogP contribution in [0.1, 0.15) is 17.2 Å².